The molecule has 0 aliphatic carbocycles. The van der Waals surface area contributed by atoms with E-state index in [1.54, 1.807) is 18.2 Å². The number of amides is 4. The van der Waals surface area contributed by atoms with Gasteiger partial charge in [0, 0.05) is 11.1 Å². The number of nitrogens with one attached hydrogen (secondary N) is 1. The molecule has 0 saturated carbocycles. The number of hydrogen-bond donors (Lipinski definition) is 1. The fourth-order valence-electron chi connectivity index (χ4n) is 2.41. The van der Waals surface area contributed by atoms with Crippen LogP contribution in [0.1, 0.15) is 0 Å². The second-order valence-electron chi connectivity index (χ2n) is 4.42. The molecule has 6 heteroatoms. The zero-order valence-corrected chi connectivity index (χ0v) is 10.1. The van der Waals surface area contributed by atoms with Crippen molar-refractivity contribution in [1.82, 2.24) is 5.32 Å². The highest BCUT2D eigenvalue weighted by molar-refractivity contribution is 6.06. The molecule has 4 rings (SSSR count). The van der Waals surface area contributed by atoms with Gasteiger partial charge in [0.2, 0.25) is 0 Å². The van der Waals surface area contributed by atoms with Gasteiger partial charge in [-0.25, -0.2) is 9.59 Å². The first-order valence-electron chi connectivity index (χ1n) is 5.99. The van der Waals surface area contributed by atoms with E-state index in [1.165, 1.54) is 0 Å². The Morgan fingerprint density at radius 1 is 0.900 bits per heavy atom. The Morgan fingerprint density at radius 2 is 1.70 bits per heavy atom. The third-order valence-corrected chi connectivity index (χ3v) is 3.22. The summed E-state index contributed by atoms with van der Waals surface area (Å²) in [7, 11) is 0. The molecular formula is C14H7N4O2. The monoisotopic (exact) mass is 263 g/mol. The first-order chi connectivity index (χ1) is 9.72. The average Bonchev–Trinajstić information content (AvgIpc) is 2.98. The molecule has 2 aliphatic heterocycles. The van der Waals surface area contributed by atoms with Crippen molar-refractivity contribution < 1.29 is 9.59 Å². The Hall–Kier alpha value is -3.02. The van der Waals surface area contributed by atoms with Crippen molar-refractivity contribution in [2.24, 2.45) is 9.98 Å². The Kier molecular flexibility index (Phi) is 2.03. The minimum Gasteiger partial charge on any atom is -0.304 e. The van der Waals surface area contributed by atoms with Gasteiger partial charge in [0.25, 0.3) is 0 Å². The number of nitrogens with zero attached hydrogens (tertiary/aromatic N) is 3. The first-order valence-corrected chi connectivity index (χ1v) is 5.99. The molecule has 6 nitrogen and oxygen atoms in total. The maximum atomic E-state index is 11.4. The summed E-state index contributed by atoms with van der Waals surface area (Å²) in [6.45, 7) is 0. The largest absolute Gasteiger partial charge is 0.368 e. The third kappa shape index (κ3) is 1.45. The minimum absolute atomic E-state index is 0.391. The highest BCUT2D eigenvalue weighted by atomic mass is 16.2. The third-order valence-electron chi connectivity index (χ3n) is 3.22. The summed E-state index contributed by atoms with van der Waals surface area (Å²) in [6, 6.07) is 9.92. The van der Waals surface area contributed by atoms with Crippen LogP contribution >= 0.6 is 0 Å². The van der Waals surface area contributed by atoms with Crippen molar-refractivity contribution in [3.05, 3.63) is 47.1 Å². The molecule has 4 amide bonds. The Bertz CT molecular complexity index is 902. The van der Waals surface area contributed by atoms with E-state index in [9.17, 15) is 9.59 Å². The van der Waals surface area contributed by atoms with Crippen LogP contribution in [0.3, 0.4) is 0 Å². The normalized spacial score (nSPS) is 14.8. The SMILES string of the molecule is O=C1N=c2cccc(-c3cccc4c3[N]C(=O)N4)c2=N1. The quantitative estimate of drug-likeness (QED) is 0.845. The van der Waals surface area contributed by atoms with Gasteiger partial charge < -0.3 is 5.32 Å². The second-order valence-corrected chi connectivity index (χ2v) is 4.42. The van der Waals surface area contributed by atoms with Crippen LogP contribution in [-0.2, 0) is 0 Å². The van der Waals surface area contributed by atoms with Crippen LogP contribution < -0.4 is 21.3 Å². The van der Waals surface area contributed by atoms with Crippen molar-refractivity contribution in [1.29, 1.82) is 0 Å². The van der Waals surface area contributed by atoms with Crippen LogP contribution in [0.2, 0.25) is 0 Å². The summed E-state index contributed by atoms with van der Waals surface area (Å²) in [5.41, 5.74) is 2.73. The number of anilines is 1. The van der Waals surface area contributed by atoms with E-state index in [0.29, 0.717) is 22.1 Å². The van der Waals surface area contributed by atoms with Gasteiger partial charge >= 0.3 is 12.1 Å². The van der Waals surface area contributed by atoms with E-state index in [2.05, 4.69) is 20.6 Å². The van der Waals surface area contributed by atoms with E-state index in [0.717, 1.165) is 11.1 Å². The Morgan fingerprint density at radius 3 is 2.60 bits per heavy atom. The molecular weight excluding hydrogens is 256 g/mol. The van der Waals surface area contributed by atoms with Crippen molar-refractivity contribution in [3.63, 3.8) is 0 Å². The van der Waals surface area contributed by atoms with E-state index < -0.39 is 12.1 Å². The lowest BCUT2D eigenvalue weighted by atomic mass is 10.0. The predicted octanol–water partition coefficient (Wildman–Crippen LogP) is 1.51. The van der Waals surface area contributed by atoms with Crippen LogP contribution in [-0.4, -0.2) is 12.1 Å². The van der Waals surface area contributed by atoms with Gasteiger partial charge in [-0.05, 0) is 12.1 Å². The lowest BCUT2D eigenvalue weighted by Crippen LogP contribution is -2.23. The van der Waals surface area contributed by atoms with Gasteiger partial charge in [0.15, 0.2) is 0 Å². The minimum atomic E-state index is -0.508. The Balaban J connectivity index is 2.03. The summed E-state index contributed by atoms with van der Waals surface area (Å²) >= 11 is 0. The number of carbonyl (C=O) groups is 2. The molecule has 0 fully saturated rings. The molecule has 0 atom stereocenters. The van der Waals surface area contributed by atoms with Gasteiger partial charge in [-0.15, -0.1) is 0 Å². The molecule has 1 N–H and O–H groups in total. The maximum absolute atomic E-state index is 11.4. The van der Waals surface area contributed by atoms with Crippen molar-refractivity contribution >= 4 is 23.4 Å². The molecule has 2 heterocycles. The number of rotatable bonds is 1. The van der Waals surface area contributed by atoms with Gasteiger partial charge in [-0.3, -0.25) is 0 Å². The maximum Gasteiger partial charge on any atom is 0.368 e. The van der Waals surface area contributed by atoms with Crippen LogP contribution in [0.5, 0.6) is 0 Å². The predicted molar refractivity (Wildman–Crippen MR) is 70.4 cm³/mol. The smallest absolute Gasteiger partial charge is 0.304 e. The molecule has 2 aliphatic rings. The molecule has 2 aromatic rings. The lowest BCUT2D eigenvalue weighted by molar-refractivity contribution is 0.255. The Labute approximate surface area is 112 Å². The standard InChI is InChI=1S/C14H7N4O2/c19-13-15-9-5-1-3-7(11(9)17-13)8-4-2-6-10-12(8)18-14(20)16-10/h1-6H,(H,15,19). The second kappa shape index (κ2) is 3.74. The topological polar surface area (TPSA) is 85.0 Å². The van der Waals surface area contributed by atoms with Crippen molar-refractivity contribution in [2.75, 3.05) is 5.32 Å². The number of fused-ring (bicyclic) bond motifs is 2. The average molecular weight is 263 g/mol. The van der Waals surface area contributed by atoms with E-state index >= 15 is 0 Å². The highest BCUT2D eigenvalue weighted by Crippen LogP contribution is 2.36. The van der Waals surface area contributed by atoms with Gasteiger partial charge in [-0.1, -0.05) is 24.3 Å². The molecule has 95 valence electrons. The molecule has 20 heavy (non-hydrogen) atoms. The molecule has 1 radical (unpaired) electrons. The van der Waals surface area contributed by atoms with Gasteiger partial charge in [0.1, 0.15) is 11.0 Å². The fourth-order valence-corrected chi connectivity index (χ4v) is 2.41. The molecule has 0 spiro atoms. The number of benzene rings is 2. The van der Waals surface area contributed by atoms with Crippen molar-refractivity contribution in [2.45, 2.75) is 0 Å². The molecule has 0 bridgehead atoms. The zero-order chi connectivity index (χ0) is 13.7. The number of para-hydroxylation sites is 2. The number of urea groups is 2. The van der Waals surface area contributed by atoms with E-state index in [4.69, 9.17) is 0 Å². The van der Waals surface area contributed by atoms with Crippen LogP contribution in [0, 0.1) is 0 Å². The summed E-state index contributed by atoms with van der Waals surface area (Å²) in [4.78, 5) is 30.5. The fraction of sp³-hybridized carbons (Fsp3) is 0. The summed E-state index contributed by atoms with van der Waals surface area (Å²) < 4.78 is 0. The van der Waals surface area contributed by atoms with Crippen molar-refractivity contribution in [3.8, 4) is 11.1 Å². The van der Waals surface area contributed by atoms with Crippen LogP contribution in [0.25, 0.3) is 11.1 Å². The molecule has 2 aromatic carbocycles. The van der Waals surface area contributed by atoms with Crippen LogP contribution in [0.15, 0.2) is 46.4 Å². The van der Waals surface area contributed by atoms with Gasteiger partial charge in [0.05, 0.1) is 11.0 Å². The number of carbonyl (C=O) groups excluding carboxylic acids is 2. The molecule has 0 aromatic heterocycles. The van der Waals surface area contributed by atoms with Gasteiger partial charge in [-0.2, -0.15) is 15.3 Å². The summed E-state index contributed by atoms with van der Waals surface area (Å²) in [6.07, 6.45) is 0. The molecule has 0 saturated heterocycles. The van der Waals surface area contributed by atoms with Crippen LogP contribution in [0.4, 0.5) is 21.0 Å². The van der Waals surface area contributed by atoms with E-state index in [1.807, 2.05) is 18.2 Å². The van der Waals surface area contributed by atoms with E-state index in [-0.39, 0.29) is 0 Å². The summed E-state index contributed by atoms with van der Waals surface area (Å²) in [5, 5.41) is 7.70. The summed E-state index contributed by atoms with van der Waals surface area (Å²) in [5.74, 6) is 0. The zero-order valence-electron chi connectivity index (χ0n) is 10.1. The molecule has 0 unspecified atom stereocenters. The first kappa shape index (κ1) is 10.9. The lowest BCUT2D eigenvalue weighted by Gasteiger charge is -2.05. The number of hydrogen-bond acceptors (Lipinski definition) is 2. The highest BCUT2D eigenvalue weighted by Gasteiger charge is 2.23.